The molecule has 0 spiro atoms. The predicted molar refractivity (Wildman–Crippen MR) is 298 cm³/mol. The van der Waals surface area contributed by atoms with Crippen molar-refractivity contribution in [2.24, 2.45) is 0 Å². The van der Waals surface area contributed by atoms with Gasteiger partial charge in [0.1, 0.15) is 13.2 Å². The lowest BCUT2D eigenvalue weighted by Crippen LogP contribution is -2.30. The minimum Gasteiger partial charge on any atom is -0.462 e. The van der Waals surface area contributed by atoms with Gasteiger partial charge in [-0.1, -0.05) is 261 Å². The Morgan fingerprint density at radius 1 is 0.304 bits per heavy atom. The number of hydrogen-bond acceptors (Lipinski definition) is 6. The molecule has 0 aliphatic heterocycles. The monoisotopic (exact) mass is 965 g/mol. The highest BCUT2D eigenvalue weighted by Crippen LogP contribution is 2.16. The van der Waals surface area contributed by atoms with Crippen LogP contribution in [0.1, 0.15) is 303 Å². The second-order valence-corrected chi connectivity index (χ2v) is 19.9. The number of unbranched alkanes of at least 4 members (excludes halogenated alkanes) is 33. The van der Waals surface area contributed by atoms with Gasteiger partial charge in [-0.2, -0.15) is 0 Å². The first-order valence-electron chi connectivity index (χ1n) is 29.8. The molecular formula is C63H112O6. The molecule has 0 saturated carbocycles. The van der Waals surface area contributed by atoms with Gasteiger partial charge in [0.25, 0.3) is 0 Å². The quantitative estimate of drug-likeness (QED) is 0.0262. The van der Waals surface area contributed by atoms with E-state index in [2.05, 4.69) is 81.5 Å². The summed E-state index contributed by atoms with van der Waals surface area (Å²) in [6, 6.07) is 0. The molecule has 6 heteroatoms. The summed E-state index contributed by atoms with van der Waals surface area (Å²) >= 11 is 0. The Bertz CT molecular complexity index is 1250. The highest BCUT2D eigenvalue weighted by atomic mass is 16.6. The lowest BCUT2D eigenvalue weighted by molar-refractivity contribution is -0.167. The van der Waals surface area contributed by atoms with Crippen LogP contribution in [0.25, 0.3) is 0 Å². The highest BCUT2D eigenvalue weighted by Gasteiger charge is 2.19. The third kappa shape index (κ3) is 55.9. The van der Waals surface area contributed by atoms with Gasteiger partial charge in [-0.15, -0.1) is 0 Å². The fraction of sp³-hybridized carbons (Fsp3) is 0.794. The molecule has 0 radical (unpaired) electrons. The number of ether oxygens (including phenoxy) is 3. The van der Waals surface area contributed by atoms with Gasteiger partial charge in [-0.25, -0.2) is 0 Å². The van der Waals surface area contributed by atoms with Crippen LogP contribution in [0.3, 0.4) is 0 Å². The van der Waals surface area contributed by atoms with E-state index in [9.17, 15) is 14.4 Å². The Kier molecular flexibility index (Phi) is 55.3. The molecular weight excluding hydrogens is 853 g/mol. The van der Waals surface area contributed by atoms with Gasteiger partial charge < -0.3 is 14.2 Å². The molecule has 0 aromatic carbocycles. The van der Waals surface area contributed by atoms with Crippen LogP contribution < -0.4 is 0 Å². The van der Waals surface area contributed by atoms with Crippen molar-refractivity contribution in [1.29, 1.82) is 0 Å². The standard InChI is InChI=1S/C63H112O6/c1-4-7-10-13-16-19-22-25-28-29-30-31-32-33-34-35-36-39-41-44-47-50-53-56-62(65)68-59-60(69-63(66)57-54-51-48-45-42-38-27-24-21-18-15-12-9-6-3)58-67-61(64)55-52-49-46-43-40-37-26-23-20-17-14-11-8-5-2/h7,10,16,19,24-25,27-28,30-31,60H,4-6,8-9,11-15,17-18,20-23,26,29,32-59H2,1-3H3/b10-7-,19-16-,27-24-,28-25-,31-30-. The summed E-state index contributed by atoms with van der Waals surface area (Å²) < 4.78 is 16.9. The molecule has 0 aromatic rings. The molecule has 0 amide bonds. The Morgan fingerprint density at radius 2 is 0.565 bits per heavy atom. The second kappa shape index (κ2) is 57.7. The fourth-order valence-corrected chi connectivity index (χ4v) is 8.55. The molecule has 6 nitrogen and oxygen atoms in total. The minimum absolute atomic E-state index is 0.0754. The van der Waals surface area contributed by atoms with Crippen molar-refractivity contribution >= 4 is 17.9 Å². The Hall–Kier alpha value is -2.89. The summed E-state index contributed by atoms with van der Waals surface area (Å²) in [4.78, 5) is 38.2. The minimum atomic E-state index is -0.778. The van der Waals surface area contributed by atoms with E-state index < -0.39 is 6.10 Å². The van der Waals surface area contributed by atoms with Gasteiger partial charge in [-0.05, 0) is 83.5 Å². The van der Waals surface area contributed by atoms with Crippen LogP contribution in [0, 0.1) is 0 Å². The Balaban J connectivity index is 4.31. The van der Waals surface area contributed by atoms with Crippen molar-refractivity contribution in [3.8, 4) is 0 Å². The van der Waals surface area contributed by atoms with Crippen molar-refractivity contribution in [1.82, 2.24) is 0 Å². The summed E-state index contributed by atoms with van der Waals surface area (Å²) in [6.07, 6.45) is 72.1. The van der Waals surface area contributed by atoms with E-state index in [1.807, 2.05) is 0 Å². The molecule has 0 fully saturated rings. The maximum absolute atomic E-state index is 12.8. The van der Waals surface area contributed by atoms with Crippen LogP contribution in [0.15, 0.2) is 60.8 Å². The third-order valence-corrected chi connectivity index (χ3v) is 13.0. The maximum Gasteiger partial charge on any atom is 0.306 e. The van der Waals surface area contributed by atoms with Crippen molar-refractivity contribution in [3.05, 3.63) is 60.8 Å². The van der Waals surface area contributed by atoms with E-state index >= 15 is 0 Å². The molecule has 0 heterocycles. The lowest BCUT2D eigenvalue weighted by atomic mass is 10.0. The van der Waals surface area contributed by atoms with Gasteiger partial charge in [0, 0.05) is 19.3 Å². The smallest absolute Gasteiger partial charge is 0.306 e. The summed E-state index contributed by atoms with van der Waals surface area (Å²) in [7, 11) is 0. The van der Waals surface area contributed by atoms with Gasteiger partial charge >= 0.3 is 17.9 Å². The molecule has 0 aromatic heterocycles. The summed E-state index contributed by atoms with van der Waals surface area (Å²) in [5.74, 6) is -0.875. The zero-order valence-electron chi connectivity index (χ0n) is 45.8. The molecule has 1 atom stereocenters. The van der Waals surface area contributed by atoms with Gasteiger partial charge in [0.05, 0.1) is 0 Å². The zero-order chi connectivity index (χ0) is 50.0. The number of carbonyl (C=O) groups excluding carboxylic acids is 3. The third-order valence-electron chi connectivity index (χ3n) is 13.0. The predicted octanol–water partition coefficient (Wildman–Crippen LogP) is 20.0. The van der Waals surface area contributed by atoms with Gasteiger partial charge in [0.2, 0.25) is 0 Å². The number of allylic oxidation sites excluding steroid dienone is 10. The summed E-state index contributed by atoms with van der Waals surface area (Å²) in [5, 5.41) is 0. The number of rotatable bonds is 54. The van der Waals surface area contributed by atoms with E-state index in [4.69, 9.17) is 14.2 Å². The largest absolute Gasteiger partial charge is 0.462 e. The topological polar surface area (TPSA) is 78.9 Å². The fourth-order valence-electron chi connectivity index (χ4n) is 8.55. The highest BCUT2D eigenvalue weighted by molar-refractivity contribution is 5.71. The van der Waals surface area contributed by atoms with Crippen LogP contribution in [-0.2, 0) is 28.6 Å². The summed E-state index contributed by atoms with van der Waals surface area (Å²) in [6.45, 7) is 6.54. The second-order valence-electron chi connectivity index (χ2n) is 19.9. The van der Waals surface area contributed by atoms with E-state index in [0.717, 1.165) is 89.9 Å². The summed E-state index contributed by atoms with van der Waals surface area (Å²) in [5.41, 5.74) is 0. The molecule has 0 aliphatic carbocycles. The molecule has 0 rings (SSSR count). The van der Waals surface area contributed by atoms with Crippen molar-refractivity contribution < 1.29 is 28.6 Å². The molecule has 1 unspecified atom stereocenters. The zero-order valence-corrected chi connectivity index (χ0v) is 45.8. The van der Waals surface area contributed by atoms with E-state index in [1.54, 1.807) is 0 Å². The van der Waals surface area contributed by atoms with E-state index in [1.165, 1.54) is 173 Å². The molecule has 0 N–H and O–H groups in total. The SMILES string of the molecule is CC/C=C\C/C=C\C/C=C\C/C=C\CCCCCCCCCCCCC(=O)OCC(COC(=O)CCCCCCCCCCCCCCCC)OC(=O)CCCCCCC/C=C\CCCCCCC. The average molecular weight is 966 g/mol. The Morgan fingerprint density at radius 3 is 0.899 bits per heavy atom. The van der Waals surface area contributed by atoms with Crippen LogP contribution in [0.4, 0.5) is 0 Å². The lowest BCUT2D eigenvalue weighted by Gasteiger charge is -2.18. The van der Waals surface area contributed by atoms with Gasteiger partial charge in [-0.3, -0.25) is 14.4 Å². The van der Waals surface area contributed by atoms with Crippen LogP contribution in [0.2, 0.25) is 0 Å². The van der Waals surface area contributed by atoms with Crippen molar-refractivity contribution in [3.63, 3.8) is 0 Å². The first-order chi connectivity index (χ1) is 34.0. The van der Waals surface area contributed by atoms with Crippen LogP contribution >= 0.6 is 0 Å². The Labute approximate surface area is 428 Å². The van der Waals surface area contributed by atoms with Gasteiger partial charge in [0.15, 0.2) is 6.10 Å². The van der Waals surface area contributed by atoms with Crippen LogP contribution in [-0.4, -0.2) is 37.2 Å². The molecule has 400 valence electrons. The molecule has 69 heavy (non-hydrogen) atoms. The van der Waals surface area contributed by atoms with Crippen LogP contribution in [0.5, 0.6) is 0 Å². The first kappa shape index (κ1) is 66.1. The molecule has 0 aliphatic rings. The number of esters is 3. The number of carbonyl (C=O) groups is 3. The average Bonchev–Trinajstić information content (AvgIpc) is 3.35. The normalized spacial score (nSPS) is 12.4. The number of hydrogen-bond donors (Lipinski definition) is 0. The first-order valence-corrected chi connectivity index (χ1v) is 29.8. The molecule has 0 saturated heterocycles. The van der Waals surface area contributed by atoms with E-state index in [0.29, 0.717) is 19.3 Å². The molecule has 0 bridgehead atoms. The maximum atomic E-state index is 12.8. The van der Waals surface area contributed by atoms with E-state index in [-0.39, 0.29) is 31.1 Å². The van der Waals surface area contributed by atoms with Crippen molar-refractivity contribution in [2.75, 3.05) is 13.2 Å². The van der Waals surface area contributed by atoms with Crippen molar-refractivity contribution in [2.45, 2.75) is 309 Å².